The van der Waals surface area contributed by atoms with E-state index in [1.54, 1.807) is 20.8 Å². The Bertz CT molecular complexity index is 779. The summed E-state index contributed by atoms with van der Waals surface area (Å²) in [6.07, 6.45) is -0.538. The summed E-state index contributed by atoms with van der Waals surface area (Å²) >= 11 is 0. The highest BCUT2D eigenvalue weighted by atomic mass is 16.8. The van der Waals surface area contributed by atoms with Crippen LogP contribution >= 0.6 is 0 Å². The molecule has 10 heteroatoms. The van der Waals surface area contributed by atoms with Crippen molar-refractivity contribution in [3.63, 3.8) is 0 Å². The van der Waals surface area contributed by atoms with Crippen LogP contribution in [-0.2, 0) is 14.2 Å². The van der Waals surface area contributed by atoms with Gasteiger partial charge in [-0.1, -0.05) is 12.0 Å². The summed E-state index contributed by atoms with van der Waals surface area (Å²) in [6.45, 7) is 5.25. The van der Waals surface area contributed by atoms with Crippen molar-refractivity contribution in [2.45, 2.75) is 57.1 Å². The normalized spacial score (nSPS) is 34.8. The van der Waals surface area contributed by atoms with E-state index in [4.69, 9.17) is 19.7 Å². The zero-order valence-corrected chi connectivity index (χ0v) is 12.9. The molecule has 1 N–H and O–H groups in total. The molecule has 0 aromatic carbocycles. The molecular formula is C13H17N5O5. The number of aromatic nitrogens is 2. The molecule has 4 atom stereocenters. The van der Waals surface area contributed by atoms with Gasteiger partial charge >= 0.3 is 5.69 Å². The first-order chi connectivity index (χ1) is 10.8. The van der Waals surface area contributed by atoms with E-state index in [9.17, 15) is 9.59 Å². The Morgan fingerprint density at radius 2 is 2.13 bits per heavy atom. The number of H-pyrrole nitrogens is 1. The van der Waals surface area contributed by atoms with E-state index in [0.717, 1.165) is 0 Å². The van der Waals surface area contributed by atoms with E-state index in [1.807, 2.05) is 0 Å². The van der Waals surface area contributed by atoms with Crippen molar-refractivity contribution in [3.05, 3.63) is 43.5 Å². The number of rotatable bonds is 3. The summed E-state index contributed by atoms with van der Waals surface area (Å²) in [6, 6.07) is 1.21. The molecule has 2 saturated heterocycles. The molecule has 0 saturated carbocycles. The summed E-state index contributed by atoms with van der Waals surface area (Å²) in [5.41, 5.74) is 6.45. The van der Waals surface area contributed by atoms with Gasteiger partial charge in [-0.05, 0) is 25.8 Å². The first-order valence-corrected chi connectivity index (χ1v) is 7.23. The third-order valence-corrected chi connectivity index (χ3v) is 4.03. The fraction of sp³-hybridized carbons (Fsp3) is 0.692. The standard InChI is InChI=1S/C13H17N5O5/c1-4-13(16-17-14)9-8(21-12(2,3)22-9)10(23-13)18-6-5-7(19)15-11(18)20/h5-6,8-10H,4H2,1-3H3,(H,15,19,20)/t8?,9-,10+,13+/m0/s1. The Hall–Kier alpha value is -2.13. The van der Waals surface area contributed by atoms with Gasteiger partial charge in [-0.2, -0.15) is 0 Å². The van der Waals surface area contributed by atoms with E-state index in [1.165, 1.54) is 16.8 Å². The van der Waals surface area contributed by atoms with Gasteiger partial charge < -0.3 is 14.2 Å². The third-order valence-electron chi connectivity index (χ3n) is 4.03. The molecule has 3 heterocycles. The molecule has 0 bridgehead atoms. The van der Waals surface area contributed by atoms with Gasteiger partial charge in [0.25, 0.3) is 5.56 Å². The van der Waals surface area contributed by atoms with E-state index in [2.05, 4.69) is 15.0 Å². The van der Waals surface area contributed by atoms with Crippen molar-refractivity contribution in [1.82, 2.24) is 9.55 Å². The smallest absolute Gasteiger partial charge is 0.330 e. The predicted molar refractivity (Wildman–Crippen MR) is 77.4 cm³/mol. The Labute approximate surface area is 130 Å². The molecule has 0 aliphatic carbocycles. The van der Waals surface area contributed by atoms with Gasteiger partial charge in [-0.25, -0.2) is 4.79 Å². The average Bonchev–Trinajstić information content (AvgIpc) is 2.93. The fourth-order valence-corrected chi connectivity index (χ4v) is 3.04. The molecule has 2 aliphatic rings. The van der Waals surface area contributed by atoms with Crippen LogP contribution in [-0.4, -0.2) is 33.3 Å². The molecule has 10 nitrogen and oxygen atoms in total. The molecule has 23 heavy (non-hydrogen) atoms. The lowest BCUT2D eigenvalue weighted by molar-refractivity contribution is -0.220. The van der Waals surface area contributed by atoms with Gasteiger partial charge in [0, 0.05) is 17.2 Å². The first-order valence-electron chi connectivity index (χ1n) is 7.23. The molecule has 2 aliphatic heterocycles. The molecule has 1 aromatic rings. The number of hydrogen-bond acceptors (Lipinski definition) is 6. The van der Waals surface area contributed by atoms with Crippen molar-refractivity contribution in [3.8, 4) is 0 Å². The Kier molecular flexibility index (Phi) is 3.56. The van der Waals surface area contributed by atoms with Crippen LogP contribution in [0, 0.1) is 0 Å². The molecule has 2 fully saturated rings. The minimum atomic E-state index is -1.28. The van der Waals surface area contributed by atoms with Crippen LogP contribution < -0.4 is 11.2 Å². The van der Waals surface area contributed by atoms with Crippen LogP contribution in [0.3, 0.4) is 0 Å². The molecule has 1 unspecified atom stereocenters. The topological polar surface area (TPSA) is 131 Å². The summed E-state index contributed by atoms with van der Waals surface area (Å²) in [5.74, 6) is -0.908. The number of hydrogen-bond donors (Lipinski definition) is 1. The molecule has 1 aromatic heterocycles. The van der Waals surface area contributed by atoms with Crippen molar-refractivity contribution >= 4 is 0 Å². The second-order valence-corrected chi connectivity index (χ2v) is 5.93. The minimum absolute atomic E-state index is 0.340. The quantitative estimate of drug-likeness (QED) is 0.503. The van der Waals surface area contributed by atoms with Crippen LogP contribution in [0.5, 0.6) is 0 Å². The van der Waals surface area contributed by atoms with Crippen molar-refractivity contribution in [2.24, 2.45) is 5.11 Å². The second kappa shape index (κ2) is 5.20. The van der Waals surface area contributed by atoms with Crippen molar-refractivity contribution < 1.29 is 14.2 Å². The molecule has 3 rings (SSSR count). The Balaban J connectivity index is 2.10. The summed E-state index contributed by atoms with van der Waals surface area (Å²) in [4.78, 5) is 28.3. The summed E-state index contributed by atoms with van der Waals surface area (Å²) < 4.78 is 18.8. The lowest BCUT2D eigenvalue weighted by atomic mass is 10.0. The lowest BCUT2D eigenvalue weighted by Crippen LogP contribution is -2.40. The molecule has 0 amide bonds. The largest absolute Gasteiger partial charge is 0.341 e. The maximum absolute atomic E-state index is 12.1. The number of azide groups is 1. The van der Waals surface area contributed by atoms with Crippen LogP contribution in [0.25, 0.3) is 10.4 Å². The number of aromatic amines is 1. The Morgan fingerprint density at radius 3 is 2.74 bits per heavy atom. The highest BCUT2D eigenvalue weighted by Crippen LogP contribution is 2.49. The Morgan fingerprint density at radius 1 is 1.39 bits per heavy atom. The highest BCUT2D eigenvalue weighted by molar-refractivity contribution is 5.05. The SMILES string of the molecule is CC[C@@]1(N=[N+]=[N-])O[C@@H](n2ccc(=O)[nH]c2=O)C2OC(C)(C)O[C@@H]21. The van der Waals surface area contributed by atoms with E-state index in [0.29, 0.717) is 6.42 Å². The monoisotopic (exact) mass is 323 g/mol. The van der Waals surface area contributed by atoms with Gasteiger partial charge in [0.1, 0.15) is 12.2 Å². The molecule has 124 valence electrons. The third kappa shape index (κ3) is 2.45. The second-order valence-electron chi connectivity index (χ2n) is 5.93. The number of nitrogens with one attached hydrogen (secondary N) is 1. The highest BCUT2D eigenvalue weighted by Gasteiger charge is 2.62. The average molecular weight is 323 g/mol. The predicted octanol–water partition coefficient (Wildman–Crippen LogP) is 1.00. The number of fused-ring (bicyclic) bond motifs is 1. The van der Waals surface area contributed by atoms with Crippen molar-refractivity contribution in [2.75, 3.05) is 0 Å². The van der Waals surface area contributed by atoms with Gasteiger partial charge in [0.05, 0.1) is 0 Å². The zero-order valence-electron chi connectivity index (χ0n) is 12.9. The molecular weight excluding hydrogens is 306 g/mol. The summed E-state index contributed by atoms with van der Waals surface area (Å²) in [7, 11) is 0. The van der Waals surface area contributed by atoms with Gasteiger partial charge in [0.15, 0.2) is 17.7 Å². The van der Waals surface area contributed by atoms with Crippen LogP contribution in [0.2, 0.25) is 0 Å². The summed E-state index contributed by atoms with van der Waals surface area (Å²) in [5, 5.41) is 3.77. The maximum Gasteiger partial charge on any atom is 0.330 e. The van der Waals surface area contributed by atoms with Gasteiger partial charge in [-0.3, -0.25) is 14.3 Å². The molecule has 0 radical (unpaired) electrons. The van der Waals surface area contributed by atoms with Crippen molar-refractivity contribution in [1.29, 1.82) is 0 Å². The number of ether oxygens (including phenoxy) is 3. The van der Waals surface area contributed by atoms with Crippen LogP contribution in [0.4, 0.5) is 0 Å². The van der Waals surface area contributed by atoms with E-state index >= 15 is 0 Å². The van der Waals surface area contributed by atoms with Crippen LogP contribution in [0.15, 0.2) is 27.0 Å². The number of nitrogens with zero attached hydrogens (tertiary/aromatic N) is 4. The van der Waals surface area contributed by atoms with Crippen LogP contribution in [0.1, 0.15) is 33.4 Å². The van der Waals surface area contributed by atoms with Gasteiger partial charge in [0.2, 0.25) is 0 Å². The first kappa shape index (κ1) is 15.8. The van der Waals surface area contributed by atoms with E-state index < -0.39 is 41.2 Å². The maximum atomic E-state index is 12.1. The minimum Gasteiger partial charge on any atom is -0.341 e. The lowest BCUT2D eigenvalue weighted by Gasteiger charge is -2.29. The zero-order chi connectivity index (χ0) is 16.8. The fourth-order valence-electron chi connectivity index (χ4n) is 3.04. The van der Waals surface area contributed by atoms with E-state index in [-0.39, 0.29) is 0 Å². The molecule has 0 spiro atoms. The van der Waals surface area contributed by atoms with Gasteiger partial charge in [-0.15, -0.1) is 0 Å².